The number of halogens is 1. The van der Waals surface area contributed by atoms with E-state index in [4.69, 9.17) is 9.47 Å². The van der Waals surface area contributed by atoms with Gasteiger partial charge < -0.3 is 14.8 Å². The van der Waals surface area contributed by atoms with E-state index in [0.717, 1.165) is 38.5 Å². The van der Waals surface area contributed by atoms with Crippen LogP contribution in [-0.2, 0) is 14.3 Å². The highest BCUT2D eigenvalue weighted by Gasteiger charge is 2.41. The van der Waals surface area contributed by atoms with Crippen molar-refractivity contribution in [3.63, 3.8) is 0 Å². The number of ketones is 1. The molecule has 2 atom stereocenters. The standard InChI is InChI=1S/C28H30BrNO4S/c1-4-35-13-12-34-28(32)25-17(2)30-22-15-20(18-8-6-5-7-9-18)16-23(31)27(22)26(25)19-10-11-24(33-3)21(29)14-19/h5-11,14,20,26,30H,4,12-13,15-16H2,1-3H3/t20-,26+/m1/s1. The number of esters is 1. The summed E-state index contributed by atoms with van der Waals surface area (Å²) in [7, 11) is 1.61. The number of carbonyl (C=O) groups is 2. The number of rotatable bonds is 8. The quantitative estimate of drug-likeness (QED) is 0.313. The molecule has 1 aliphatic carbocycles. The maximum Gasteiger partial charge on any atom is 0.336 e. The van der Waals surface area contributed by atoms with Crippen LogP contribution in [0.3, 0.4) is 0 Å². The van der Waals surface area contributed by atoms with E-state index in [1.54, 1.807) is 18.9 Å². The van der Waals surface area contributed by atoms with E-state index in [0.29, 0.717) is 36.3 Å². The summed E-state index contributed by atoms with van der Waals surface area (Å²) >= 11 is 5.30. The normalized spacial score (nSPS) is 19.8. The minimum Gasteiger partial charge on any atom is -0.496 e. The van der Waals surface area contributed by atoms with Crippen molar-refractivity contribution >= 4 is 39.4 Å². The molecule has 35 heavy (non-hydrogen) atoms. The Labute approximate surface area is 219 Å². The van der Waals surface area contributed by atoms with E-state index in [9.17, 15) is 9.59 Å². The van der Waals surface area contributed by atoms with Crippen LogP contribution in [-0.4, -0.2) is 37.0 Å². The van der Waals surface area contributed by atoms with Crippen molar-refractivity contribution in [1.29, 1.82) is 0 Å². The number of Topliss-reactive ketones (excluding diaryl/α,β-unsaturated/α-hetero) is 1. The lowest BCUT2D eigenvalue weighted by Gasteiger charge is -2.36. The van der Waals surface area contributed by atoms with Crippen molar-refractivity contribution < 1.29 is 19.1 Å². The first-order valence-electron chi connectivity index (χ1n) is 11.8. The lowest BCUT2D eigenvalue weighted by atomic mass is 9.72. The van der Waals surface area contributed by atoms with Gasteiger partial charge in [-0.1, -0.05) is 43.3 Å². The third-order valence-corrected chi connectivity index (χ3v) is 7.98. The highest BCUT2D eigenvalue weighted by molar-refractivity contribution is 9.10. The van der Waals surface area contributed by atoms with Crippen LogP contribution in [0.2, 0.25) is 0 Å². The number of ether oxygens (including phenoxy) is 2. The molecule has 0 aromatic heterocycles. The molecular weight excluding hydrogens is 526 g/mol. The van der Waals surface area contributed by atoms with Crippen LogP contribution in [0, 0.1) is 0 Å². The Bertz CT molecular complexity index is 1170. The topological polar surface area (TPSA) is 64.6 Å². The molecule has 4 rings (SSSR count). The van der Waals surface area contributed by atoms with Crippen molar-refractivity contribution in [1.82, 2.24) is 5.32 Å². The summed E-state index contributed by atoms with van der Waals surface area (Å²) in [6, 6.07) is 15.9. The predicted molar refractivity (Wildman–Crippen MR) is 144 cm³/mol. The van der Waals surface area contributed by atoms with Crippen LogP contribution in [0.25, 0.3) is 0 Å². The first-order valence-corrected chi connectivity index (χ1v) is 13.8. The molecule has 1 heterocycles. The van der Waals surface area contributed by atoms with E-state index in [1.807, 2.05) is 43.3 Å². The van der Waals surface area contributed by atoms with Gasteiger partial charge in [-0.15, -0.1) is 0 Å². The van der Waals surface area contributed by atoms with Crippen LogP contribution in [0.1, 0.15) is 49.7 Å². The number of thioether (sulfide) groups is 1. The van der Waals surface area contributed by atoms with E-state index >= 15 is 0 Å². The van der Waals surface area contributed by atoms with Crippen LogP contribution < -0.4 is 10.1 Å². The van der Waals surface area contributed by atoms with Gasteiger partial charge in [-0.25, -0.2) is 4.79 Å². The molecule has 184 valence electrons. The van der Waals surface area contributed by atoms with Gasteiger partial charge in [0.1, 0.15) is 12.4 Å². The molecule has 0 unspecified atom stereocenters. The monoisotopic (exact) mass is 555 g/mol. The second kappa shape index (κ2) is 11.5. The Kier molecular flexibility index (Phi) is 8.39. The highest BCUT2D eigenvalue weighted by atomic mass is 79.9. The van der Waals surface area contributed by atoms with E-state index in [1.165, 1.54) is 0 Å². The summed E-state index contributed by atoms with van der Waals surface area (Å²) in [6.07, 6.45) is 1.12. The van der Waals surface area contributed by atoms with Crippen molar-refractivity contribution in [3.8, 4) is 5.75 Å². The molecule has 0 bridgehead atoms. The van der Waals surface area contributed by atoms with E-state index in [2.05, 4.69) is 40.3 Å². The van der Waals surface area contributed by atoms with Crippen molar-refractivity contribution in [2.24, 2.45) is 0 Å². The summed E-state index contributed by atoms with van der Waals surface area (Å²) in [5.41, 5.74) is 4.78. The Morgan fingerprint density at radius 3 is 2.60 bits per heavy atom. The fourth-order valence-corrected chi connectivity index (χ4v) is 5.93. The summed E-state index contributed by atoms with van der Waals surface area (Å²) in [5, 5.41) is 3.41. The molecule has 0 fully saturated rings. The smallest absolute Gasteiger partial charge is 0.336 e. The van der Waals surface area contributed by atoms with E-state index in [-0.39, 0.29) is 17.7 Å². The third-order valence-electron chi connectivity index (χ3n) is 6.49. The SMILES string of the molecule is CCSCCOC(=O)C1=C(C)NC2=C(C(=O)C[C@H](c3ccccc3)C2)[C@H]1c1ccc(OC)c(Br)c1. The molecule has 5 nitrogen and oxygen atoms in total. The number of hydrogen-bond donors (Lipinski definition) is 1. The maximum atomic E-state index is 13.7. The van der Waals surface area contributed by atoms with Crippen molar-refractivity contribution in [3.05, 3.63) is 86.7 Å². The summed E-state index contributed by atoms with van der Waals surface area (Å²) in [5.74, 6) is 1.69. The molecule has 2 aliphatic rings. The van der Waals surface area contributed by atoms with Gasteiger partial charge in [0.2, 0.25) is 0 Å². The molecule has 2 aromatic carbocycles. The van der Waals surface area contributed by atoms with Crippen LogP contribution in [0.5, 0.6) is 5.75 Å². The van der Waals surface area contributed by atoms with Gasteiger partial charge in [0.25, 0.3) is 0 Å². The van der Waals surface area contributed by atoms with Crippen LogP contribution >= 0.6 is 27.7 Å². The Hall–Kier alpha value is -2.51. The minimum absolute atomic E-state index is 0.0592. The molecule has 0 spiro atoms. The first-order chi connectivity index (χ1) is 16.9. The largest absolute Gasteiger partial charge is 0.496 e. The molecule has 0 saturated heterocycles. The number of benzene rings is 2. The Morgan fingerprint density at radius 2 is 1.91 bits per heavy atom. The second-order valence-electron chi connectivity index (χ2n) is 8.65. The zero-order valence-corrected chi connectivity index (χ0v) is 22.6. The zero-order chi connectivity index (χ0) is 24.9. The summed E-state index contributed by atoms with van der Waals surface area (Å²) in [6.45, 7) is 4.31. The van der Waals surface area contributed by atoms with Crippen LogP contribution in [0.4, 0.5) is 0 Å². The van der Waals surface area contributed by atoms with Gasteiger partial charge in [0.05, 0.1) is 17.2 Å². The molecule has 1 aliphatic heterocycles. The van der Waals surface area contributed by atoms with Gasteiger partial charge in [-0.2, -0.15) is 11.8 Å². The van der Waals surface area contributed by atoms with Gasteiger partial charge >= 0.3 is 5.97 Å². The molecule has 0 saturated carbocycles. The van der Waals surface area contributed by atoms with Gasteiger partial charge in [-0.05, 0) is 64.2 Å². The lowest BCUT2D eigenvalue weighted by molar-refractivity contribution is -0.138. The first kappa shape index (κ1) is 25.6. The average molecular weight is 557 g/mol. The minimum atomic E-state index is -0.496. The number of dihydropyridines is 1. The lowest BCUT2D eigenvalue weighted by Crippen LogP contribution is -2.36. The fraction of sp³-hybridized carbons (Fsp3) is 0.357. The van der Waals surface area contributed by atoms with Gasteiger partial charge in [-0.3, -0.25) is 4.79 Å². The molecule has 7 heteroatoms. The van der Waals surface area contributed by atoms with Gasteiger partial charge in [0, 0.05) is 35.1 Å². The second-order valence-corrected chi connectivity index (χ2v) is 10.9. The molecule has 0 amide bonds. The molecule has 0 radical (unpaired) electrons. The number of carbonyl (C=O) groups excluding carboxylic acids is 2. The molecule has 2 aromatic rings. The number of methoxy groups -OCH3 is 1. The Morgan fingerprint density at radius 1 is 1.14 bits per heavy atom. The fourth-order valence-electron chi connectivity index (χ4n) is 4.88. The van der Waals surface area contributed by atoms with Gasteiger partial charge in [0.15, 0.2) is 5.78 Å². The molecule has 1 N–H and O–H groups in total. The van der Waals surface area contributed by atoms with Crippen molar-refractivity contribution in [2.75, 3.05) is 25.2 Å². The van der Waals surface area contributed by atoms with Crippen molar-refractivity contribution in [2.45, 2.75) is 38.5 Å². The summed E-state index contributed by atoms with van der Waals surface area (Å²) < 4.78 is 11.8. The number of allylic oxidation sites excluding steroid dienone is 3. The zero-order valence-electron chi connectivity index (χ0n) is 20.2. The van der Waals surface area contributed by atoms with E-state index < -0.39 is 5.92 Å². The predicted octanol–water partition coefficient (Wildman–Crippen LogP) is 6.12. The summed E-state index contributed by atoms with van der Waals surface area (Å²) in [4.78, 5) is 27.0. The number of hydrogen-bond acceptors (Lipinski definition) is 6. The third kappa shape index (κ3) is 5.51. The maximum absolute atomic E-state index is 13.7. The Balaban J connectivity index is 1.74. The van der Waals surface area contributed by atoms with Crippen LogP contribution in [0.15, 0.2) is 75.5 Å². The average Bonchev–Trinajstić information content (AvgIpc) is 2.86. The number of nitrogens with one attached hydrogen (secondary N) is 1. The highest BCUT2D eigenvalue weighted by Crippen LogP contribution is 2.46. The molecular formula is C28H30BrNO4S.